The Labute approximate surface area is 59.9 Å². The normalized spacial score (nSPS) is 26.9. The van der Waals surface area contributed by atoms with Crippen molar-refractivity contribution in [3.8, 4) is 0 Å². The van der Waals surface area contributed by atoms with Gasteiger partial charge in [0.05, 0.1) is 0 Å². The fourth-order valence-electron chi connectivity index (χ4n) is 1.25. The maximum absolute atomic E-state index is 12.6. The van der Waals surface area contributed by atoms with Gasteiger partial charge in [-0.15, -0.1) is 0 Å². The molecule has 0 fully saturated rings. The first-order valence-electron chi connectivity index (χ1n) is 3.63. The van der Waals surface area contributed by atoms with Gasteiger partial charge in [0.25, 0.3) is 0 Å². The minimum Gasteiger partial charge on any atom is -0.207 e. The lowest BCUT2D eigenvalue weighted by molar-refractivity contribution is -0.0426. The molecule has 0 saturated carbocycles. The third-order valence-electron chi connectivity index (χ3n) is 1.99. The summed E-state index contributed by atoms with van der Waals surface area (Å²) in [5, 5.41) is 0. The highest BCUT2D eigenvalue weighted by Crippen LogP contribution is 2.32. The van der Waals surface area contributed by atoms with Crippen LogP contribution in [0.25, 0.3) is 0 Å². The van der Waals surface area contributed by atoms with E-state index in [4.69, 9.17) is 0 Å². The molecule has 1 atom stereocenters. The second-order valence-electron chi connectivity index (χ2n) is 2.94. The second kappa shape index (κ2) is 2.69. The molecule has 0 aromatic carbocycles. The van der Waals surface area contributed by atoms with Crippen LogP contribution >= 0.6 is 0 Å². The quantitative estimate of drug-likeness (QED) is 0.499. The average Bonchev–Trinajstić information content (AvgIpc) is 1.88. The average molecular weight is 146 g/mol. The van der Waals surface area contributed by atoms with Crippen molar-refractivity contribution in [3.63, 3.8) is 0 Å². The highest BCUT2D eigenvalue weighted by molar-refractivity contribution is 4.93. The Morgan fingerprint density at radius 1 is 1.40 bits per heavy atom. The van der Waals surface area contributed by atoms with E-state index in [1.807, 2.05) is 12.2 Å². The number of hydrogen-bond acceptors (Lipinski definition) is 0. The van der Waals surface area contributed by atoms with Gasteiger partial charge in [0, 0.05) is 5.92 Å². The molecule has 2 heteroatoms. The Balaban J connectivity index is 2.49. The lowest BCUT2D eigenvalue weighted by atomic mass is 9.90. The van der Waals surface area contributed by atoms with Crippen molar-refractivity contribution in [2.45, 2.75) is 32.1 Å². The van der Waals surface area contributed by atoms with E-state index in [1.54, 1.807) is 0 Å². The SMILES string of the molecule is CC(F)(F)[C@H]1CC=CCC1. The summed E-state index contributed by atoms with van der Waals surface area (Å²) >= 11 is 0. The minimum atomic E-state index is -2.48. The van der Waals surface area contributed by atoms with Crippen LogP contribution in [0.2, 0.25) is 0 Å². The van der Waals surface area contributed by atoms with Crippen LogP contribution in [0, 0.1) is 5.92 Å². The van der Waals surface area contributed by atoms with Gasteiger partial charge in [0.1, 0.15) is 0 Å². The molecule has 0 saturated heterocycles. The van der Waals surface area contributed by atoms with Gasteiger partial charge < -0.3 is 0 Å². The maximum Gasteiger partial charge on any atom is 0.248 e. The fraction of sp³-hybridized carbons (Fsp3) is 0.750. The predicted octanol–water partition coefficient (Wildman–Crippen LogP) is 3.00. The Morgan fingerprint density at radius 2 is 2.10 bits per heavy atom. The molecule has 1 aliphatic carbocycles. The molecule has 0 heterocycles. The van der Waals surface area contributed by atoms with Gasteiger partial charge in [-0.2, -0.15) is 0 Å². The molecule has 0 nitrogen and oxygen atoms in total. The van der Waals surface area contributed by atoms with Crippen LogP contribution in [0.3, 0.4) is 0 Å². The van der Waals surface area contributed by atoms with E-state index in [1.165, 1.54) is 0 Å². The lowest BCUT2D eigenvalue weighted by Gasteiger charge is -2.23. The largest absolute Gasteiger partial charge is 0.248 e. The molecule has 1 rings (SSSR count). The van der Waals surface area contributed by atoms with Crippen LogP contribution in [0.1, 0.15) is 26.2 Å². The zero-order chi connectivity index (χ0) is 7.61. The van der Waals surface area contributed by atoms with Crippen LogP contribution in [-0.4, -0.2) is 5.92 Å². The van der Waals surface area contributed by atoms with Crippen molar-refractivity contribution in [3.05, 3.63) is 12.2 Å². The number of halogens is 2. The summed E-state index contributed by atoms with van der Waals surface area (Å²) < 4.78 is 25.1. The van der Waals surface area contributed by atoms with Crippen LogP contribution < -0.4 is 0 Å². The number of alkyl halides is 2. The van der Waals surface area contributed by atoms with Crippen LogP contribution in [0.15, 0.2) is 12.2 Å². The predicted molar refractivity (Wildman–Crippen MR) is 37.1 cm³/mol. The molecule has 1 aliphatic rings. The molecule has 0 unspecified atom stereocenters. The Morgan fingerprint density at radius 3 is 2.40 bits per heavy atom. The van der Waals surface area contributed by atoms with Gasteiger partial charge in [0.15, 0.2) is 0 Å². The number of rotatable bonds is 1. The fourth-order valence-corrected chi connectivity index (χ4v) is 1.25. The minimum absolute atomic E-state index is 0.419. The molecule has 0 aromatic rings. The van der Waals surface area contributed by atoms with Crippen molar-refractivity contribution < 1.29 is 8.78 Å². The first-order chi connectivity index (χ1) is 4.61. The molecule has 0 bridgehead atoms. The molecule has 0 aliphatic heterocycles. The van der Waals surface area contributed by atoms with Crippen molar-refractivity contribution in [1.82, 2.24) is 0 Å². The summed E-state index contributed by atoms with van der Waals surface area (Å²) in [6.07, 6.45) is 5.82. The van der Waals surface area contributed by atoms with Gasteiger partial charge >= 0.3 is 0 Å². The van der Waals surface area contributed by atoms with Crippen molar-refractivity contribution in [1.29, 1.82) is 0 Å². The first kappa shape index (κ1) is 7.70. The highest BCUT2D eigenvalue weighted by atomic mass is 19.3. The standard InChI is InChI=1S/C8H12F2/c1-8(9,10)7-5-3-2-4-6-7/h2-3,7H,4-6H2,1H3/t7-/m0/s1. The van der Waals surface area contributed by atoms with Gasteiger partial charge in [-0.1, -0.05) is 12.2 Å². The topological polar surface area (TPSA) is 0 Å². The van der Waals surface area contributed by atoms with E-state index in [9.17, 15) is 8.78 Å². The van der Waals surface area contributed by atoms with Crippen molar-refractivity contribution >= 4 is 0 Å². The zero-order valence-electron chi connectivity index (χ0n) is 6.11. The smallest absolute Gasteiger partial charge is 0.207 e. The van der Waals surface area contributed by atoms with E-state index in [-0.39, 0.29) is 0 Å². The van der Waals surface area contributed by atoms with E-state index >= 15 is 0 Å². The summed E-state index contributed by atoms with van der Waals surface area (Å²) in [5.74, 6) is -2.90. The summed E-state index contributed by atoms with van der Waals surface area (Å²) in [7, 11) is 0. The van der Waals surface area contributed by atoms with E-state index in [2.05, 4.69) is 0 Å². The number of allylic oxidation sites excluding steroid dienone is 2. The van der Waals surface area contributed by atoms with E-state index < -0.39 is 11.8 Å². The molecule has 0 radical (unpaired) electrons. The molecular weight excluding hydrogens is 134 g/mol. The third-order valence-corrected chi connectivity index (χ3v) is 1.99. The van der Waals surface area contributed by atoms with Gasteiger partial charge in [-0.05, 0) is 26.2 Å². The van der Waals surface area contributed by atoms with Gasteiger partial charge in [-0.3, -0.25) is 0 Å². The Bertz CT molecular complexity index is 133. The van der Waals surface area contributed by atoms with Crippen LogP contribution in [0.5, 0.6) is 0 Å². The third kappa shape index (κ3) is 1.79. The number of hydrogen-bond donors (Lipinski definition) is 0. The molecule has 0 aromatic heterocycles. The van der Waals surface area contributed by atoms with E-state index in [0.717, 1.165) is 13.3 Å². The zero-order valence-corrected chi connectivity index (χ0v) is 6.11. The lowest BCUT2D eigenvalue weighted by Crippen LogP contribution is -2.24. The molecule has 0 N–H and O–H groups in total. The first-order valence-corrected chi connectivity index (χ1v) is 3.63. The Hall–Kier alpha value is -0.400. The van der Waals surface area contributed by atoms with Crippen molar-refractivity contribution in [2.75, 3.05) is 0 Å². The second-order valence-corrected chi connectivity index (χ2v) is 2.94. The Kier molecular flexibility index (Phi) is 2.07. The highest BCUT2D eigenvalue weighted by Gasteiger charge is 2.33. The summed E-state index contributed by atoms with van der Waals surface area (Å²) in [5.41, 5.74) is 0. The maximum atomic E-state index is 12.6. The van der Waals surface area contributed by atoms with Crippen LogP contribution in [0.4, 0.5) is 8.78 Å². The molecule has 58 valence electrons. The van der Waals surface area contributed by atoms with E-state index in [0.29, 0.717) is 12.8 Å². The van der Waals surface area contributed by atoms with Gasteiger partial charge in [-0.25, -0.2) is 8.78 Å². The summed E-state index contributed by atoms with van der Waals surface area (Å²) in [6.45, 7) is 1.01. The van der Waals surface area contributed by atoms with Crippen molar-refractivity contribution in [2.24, 2.45) is 5.92 Å². The molecule has 0 spiro atoms. The summed E-state index contributed by atoms with van der Waals surface area (Å²) in [6, 6.07) is 0. The molecule has 10 heavy (non-hydrogen) atoms. The monoisotopic (exact) mass is 146 g/mol. The molecule has 0 amide bonds. The molecular formula is C8H12F2. The van der Waals surface area contributed by atoms with Gasteiger partial charge in [0.2, 0.25) is 5.92 Å². The van der Waals surface area contributed by atoms with Crippen LogP contribution in [-0.2, 0) is 0 Å². The summed E-state index contributed by atoms with van der Waals surface area (Å²) in [4.78, 5) is 0.